The molecule has 8 heteroatoms. The minimum atomic E-state index is -2.54. The van der Waals surface area contributed by atoms with Gasteiger partial charge in [-0.1, -0.05) is 147 Å². The SMILES string of the molecule is CC[Si](CC)(CC)[Si](OC(=O)[C@@H](Cl)[C@H](O)c1ccc(C)cc1)([Si](CC)(CC)CC)[Si](CC)(CC)CC. The summed E-state index contributed by atoms with van der Waals surface area (Å²) in [4.78, 5) is 14.2. The van der Waals surface area contributed by atoms with E-state index in [0.29, 0.717) is 5.56 Å². The molecule has 0 aliphatic rings. The summed E-state index contributed by atoms with van der Waals surface area (Å²) in [6, 6.07) is 18.4. The number of rotatable bonds is 16. The van der Waals surface area contributed by atoms with Crippen molar-refractivity contribution in [2.24, 2.45) is 0 Å². The highest BCUT2D eigenvalue weighted by atomic mass is 35.5. The fraction of sp³-hybridized carbons (Fsp3) is 0.750. The Morgan fingerprint density at radius 1 is 0.722 bits per heavy atom. The molecule has 0 saturated carbocycles. The zero-order chi connectivity index (χ0) is 27.8. The van der Waals surface area contributed by atoms with Gasteiger partial charge < -0.3 is 9.53 Å². The first-order valence-corrected chi connectivity index (χ1v) is 27.8. The minimum Gasteiger partial charge on any atom is -0.526 e. The van der Waals surface area contributed by atoms with Crippen LogP contribution >= 0.6 is 11.6 Å². The fourth-order valence-electron chi connectivity index (χ4n) is 7.77. The van der Waals surface area contributed by atoms with E-state index in [1.54, 1.807) is 0 Å². The van der Waals surface area contributed by atoms with Crippen molar-refractivity contribution in [2.75, 3.05) is 0 Å². The van der Waals surface area contributed by atoms with E-state index in [-0.39, 0.29) is 5.97 Å². The molecule has 0 amide bonds. The topological polar surface area (TPSA) is 46.5 Å². The highest BCUT2D eigenvalue weighted by Crippen LogP contribution is 2.51. The fourth-order valence-corrected chi connectivity index (χ4v) is 107. The standard InChI is InChI=1S/C28H55ClO3Si4/c1-11-33(12-2,13-3)36(34(14-4,15-5)16-6,35(17-7,18-8)19-9)32-28(31)26(29)27(30)25-22-20-24(10)21-23-25/h20-23,26-27,30H,11-19H2,1-10H3/t26-,27+/m0/s1. The van der Waals surface area contributed by atoms with Gasteiger partial charge in [0.1, 0.15) is 6.10 Å². The molecule has 1 aromatic carbocycles. The minimum absolute atomic E-state index is 0.330. The molecule has 0 saturated heterocycles. The Kier molecular flexibility index (Phi) is 13.4. The molecule has 0 radical (unpaired) electrons. The molecule has 0 fully saturated rings. The average Bonchev–Trinajstić information content (AvgIpc) is 2.92. The summed E-state index contributed by atoms with van der Waals surface area (Å²) in [5.74, 6) is -0.330. The predicted octanol–water partition coefficient (Wildman–Crippen LogP) is 8.89. The summed E-state index contributed by atoms with van der Waals surface area (Å²) in [6.07, 6.45) is -1.06. The van der Waals surface area contributed by atoms with Crippen molar-refractivity contribution >= 4 is 47.2 Å². The Balaban J connectivity index is 3.96. The first-order chi connectivity index (χ1) is 17.0. The molecule has 1 rings (SSSR count). The number of aliphatic hydroxyl groups is 1. The quantitative estimate of drug-likeness (QED) is 0.155. The third-order valence-electron chi connectivity index (χ3n) is 10.5. The van der Waals surface area contributed by atoms with Crippen LogP contribution in [0.15, 0.2) is 24.3 Å². The molecule has 1 N–H and O–H groups in total. The Hall–Kier alpha value is -0.192. The van der Waals surface area contributed by atoms with Crippen LogP contribution in [0.5, 0.6) is 0 Å². The molecule has 0 spiro atoms. The number of hydrogen-bond donors (Lipinski definition) is 1. The highest BCUT2D eigenvalue weighted by molar-refractivity contribution is 7.88. The van der Waals surface area contributed by atoms with E-state index in [2.05, 4.69) is 62.3 Å². The van der Waals surface area contributed by atoms with Crippen LogP contribution in [0, 0.1) is 6.92 Å². The van der Waals surface area contributed by atoms with E-state index in [4.69, 9.17) is 16.0 Å². The van der Waals surface area contributed by atoms with E-state index in [9.17, 15) is 9.90 Å². The number of alkyl halides is 1. The van der Waals surface area contributed by atoms with Crippen LogP contribution < -0.4 is 0 Å². The van der Waals surface area contributed by atoms with Crippen molar-refractivity contribution in [2.45, 2.75) is 135 Å². The first kappa shape index (κ1) is 33.8. The number of carbonyl (C=O) groups is 1. The zero-order valence-electron chi connectivity index (χ0n) is 25.0. The van der Waals surface area contributed by atoms with Gasteiger partial charge in [-0.25, -0.2) is 0 Å². The molecule has 3 nitrogen and oxygen atoms in total. The lowest BCUT2D eigenvalue weighted by molar-refractivity contribution is -0.136. The van der Waals surface area contributed by atoms with E-state index in [1.165, 1.54) is 54.4 Å². The summed E-state index contributed by atoms with van der Waals surface area (Å²) in [7, 11) is -5.83. The van der Waals surface area contributed by atoms with Crippen molar-refractivity contribution in [3.8, 4) is 0 Å². The molecule has 2 atom stereocenters. The molecule has 0 heterocycles. The molecule has 208 valence electrons. The summed E-state index contributed by atoms with van der Waals surface area (Å²) in [6.45, 7) is 21.0. The number of carbonyl (C=O) groups excluding carboxylic acids is 1. The molecule has 0 aromatic heterocycles. The normalized spacial score (nSPS) is 15.0. The lowest BCUT2D eigenvalue weighted by Crippen LogP contribution is -2.90. The second-order valence-corrected chi connectivity index (χ2v) is 47.3. The highest BCUT2D eigenvalue weighted by Gasteiger charge is 2.74. The zero-order valence-corrected chi connectivity index (χ0v) is 29.7. The Morgan fingerprint density at radius 3 is 1.31 bits per heavy atom. The maximum Gasteiger partial charge on any atom is 0.313 e. The van der Waals surface area contributed by atoms with Crippen LogP contribution in [0.3, 0.4) is 0 Å². The van der Waals surface area contributed by atoms with Crippen LogP contribution in [0.2, 0.25) is 54.4 Å². The van der Waals surface area contributed by atoms with Crippen molar-refractivity contribution < 1.29 is 14.3 Å². The number of hydrogen-bond acceptors (Lipinski definition) is 3. The largest absolute Gasteiger partial charge is 0.526 e. The third-order valence-corrected chi connectivity index (χ3v) is 80.6. The van der Waals surface area contributed by atoms with E-state index in [1.807, 2.05) is 31.2 Å². The Morgan fingerprint density at radius 2 is 1.03 bits per heavy atom. The first-order valence-electron chi connectivity index (χ1n) is 14.6. The van der Waals surface area contributed by atoms with Gasteiger partial charge in [-0.15, -0.1) is 11.6 Å². The van der Waals surface area contributed by atoms with Crippen molar-refractivity contribution in [3.63, 3.8) is 0 Å². The summed E-state index contributed by atoms with van der Waals surface area (Å²) in [5, 5.41) is 10.1. The monoisotopic (exact) mass is 586 g/mol. The van der Waals surface area contributed by atoms with Gasteiger partial charge in [-0.2, -0.15) is 0 Å². The number of halogens is 1. The van der Waals surface area contributed by atoms with Crippen LogP contribution in [-0.4, -0.2) is 46.1 Å². The van der Waals surface area contributed by atoms with Crippen LogP contribution in [-0.2, 0) is 9.22 Å². The van der Waals surface area contributed by atoms with E-state index in [0.717, 1.165) is 5.56 Å². The summed E-state index contributed by atoms with van der Waals surface area (Å²) in [5.41, 5.74) is 1.80. The van der Waals surface area contributed by atoms with Gasteiger partial charge in [0.2, 0.25) is 6.87 Å². The second kappa shape index (κ2) is 14.3. The molecule has 0 bridgehead atoms. The van der Waals surface area contributed by atoms with E-state index < -0.39 is 41.1 Å². The molecule has 0 aliphatic heterocycles. The van der Waals surface area contributed by atoms with Gasteiger partial charge in [0, 0.05) is 0 Å². The molecular weight excluding hydrogens is 532 g/mol. The van der Waals surface area contributed by atoms with Gasteiger partial charge in [0.05, 0.1) is 22.8 Å². The van der Waals surface area contributed by atoms with E-state index >= 15 is 0 Å². The Bertz CT molecular complexity index is 730. The summed E-state index contributed by atoms with van der Waals surface area (Å²) >= 11 is 6.85. The average molecular weight is 588 g/mol. The smallest absolute Gasteiger partial charge is 0.313 e. The van der Waals surface area contributed by atoms with Crippen molar-refractivity contribution in [3.05, 3.63) is 35.4 Å². The maximum atomic E-state index is 14.2. The lowest BCUT2D eigenvalue weighted by Gasteiger charge is -2.63. The molecule has 0 aliphatic carbocycles. The summed E-state index contributed by atoms with van der Waals surface area (Å²) < 4.78 is 7.37. The second-order valence-electron chi connectivity index (χ2n) is 10.9. The van der Waals surface area contributed by atoms with Crippen LogP contribution in [0.25, 0.3) is 0 Å². The van der Waals surface area contributed by atoms with Gasteiger partial charge in [0.25, 0.3) is 0 Å². The van der Waals surface area contributed by atoms with Crippen molar-refractivity contribution in [1.29, 1.82) is 0 Å². The third kappa shape index (κ3) is 5.57. The maximum absolute atomic E-state index is 14.2. The number of aryl methyl sites for hydroxylation is 1. The lowest BCUT2D eigenvalue weighted by atomic mass is 10.0. The molecular formula is C28H55ClO3Si4. The van der Waals surface area contributed by atoms with Gasteiger partial charge >= 0.3 is 5.97 Å². The molecule has 0 unspecified atom stereocenters. The van der Waals surface area contributed by atoms with Crippen LogP contribution in [0.4, 0.5) is 0 Å². The van der Waals surface area contributed by atoms with Gasteiger partial charge in [-0.05, 0) is 12.5 Å². The van der Waals surface area contributed by atoms with Gasteiger partial charge in [-0.3, -0.25) is 4.79 Å². The van der Waals surface area contributed by atoms with Crippen molar-refractivity contribution in [1.82, 2.24) is 0 Å². The molecule has 36 heavy (non-hydrogen) atoms. The molecule has 1 aromatic rings. The Labute approximate surface area is 231 Å². The van der Waals surface area contributed by atoms with Gasteiger partial charge in [0.15, 0.2) is 5.38 Å². The predicted molar refractivity (Wildman–Crippen MR) is 169 cm³/mol. The number of aliphatic hydroxyl groups excluding tert-OH is 1. The number of benzene rings is 1. The van der Waals surface area contributed by atoms with Crippen LogP contribution in [0.1, 0.15) is 79.5 Å².